The van der Waals surface area contributed by atoms with Crippen molar-refractivity contribution in [3.05, 3.63) is 70.3 Å². The summed E-state index contributed by atoms with van der Waals surface area (Å²) in [5.74, 6) is 0. The van der Waals surface area contributed by atoms with E-state index in [2.05, 4.69) is 0 Å². The Morgan fingerprint density at radius 1 is 0.483 bits per heavy atom. The van der Waals surface area contributed by atoms with Gasteiger partial charge < -0.3 is 0 Å². The standard InChI is InChI=1S/C9H6F6.C8H4F6/c1-5-2-6(8(10,11)12)4-7(3-5)9(13,14)15;9-7(10,11)5-3-1-2-4-6(5)8(12,13)14/h2-4H,1H3;1-4H. The largest absolute Gasteiger partial charge is 0.417 e. The van der Waals surface area contributed by atoms with Gasteiger partial charge in [0.1, 0.15) is 0 Å². The summed E-state index contributed by atoms with van der Waals surface area (Å²) in [4.78, 5) is 0. The second-order valence-corrected chi connectivity index (χ2v) is 5.62. The second kappa shape index (κ2) is 8.15. The maximum absolute atomic E-state index is 12.2. The van der Waals surface area contributed by atoms with Gasteiger partial charge in [0, 0.05) is 0 Å². The Kier molecular flexibility index (Phi) is 6.92. The van der Waals surface area contributed by atoms with E-state index in [1.807, 2.05) is 0 Å². The van der Waals surface area contributed by atoms with Crippen LogP contribution in [0.1, 0.15) is 27.8 Å². The molecule has 0 bridgehead atoms. The van der Waals surface area contributed by atoms with Crippen molar-refractivity contribution in [3.8, 4) is 0 Å². The zero-order chi connectivity index (χ0) is 22.8. The fourth-order valence-electron chi connectivity index (χ4n) is 2.09. The molecule has 2 aromatic rings. The lowest BCUT2D eigenvalue weighted by Crippen LogP contribution is -2.15. The van der Waals surface area contributed by atoms with Crippen LogP contribution in [0.25, 0.3) is 0 Å². The second-order valence-electron chi connectivity index (χ2n) is 5.62. The van der Waals surface area contributed by atoms with Crippen LogP contribution in [0, 0.1) is 6.92 Å². The highest BCUT2D eigenvalue weighted by Gasteiger charge is 2.42. The third-order valence-corrected chi connectivity index (χ3v) is 3.27. The Hall–Kier alpha value is -2.40. The molecular formula is C17H10F12. The van der Waals surface area contributed by atoms with Gasteiger partial charge in [0.15, 0.2) is 0 Å². The summed E-state index contributed by atoms with van der Waals surface area (Å²) in [6.45, 7) is 1.18. The quantitative estimate of drug-likeness (QED) is 0.366. The molecule has 0 radical (unpaired) electrons. The summed E-state index contributed by atoms with van der Waals surface area (Å²) in [5, 5.41) is 0. The van der Waals surface area contributed by atoms with Crippen molar-refractivity contribution in [3.63, 3.8) is 0 Å². The summed E-state index contributed by atoms with van der Waals surface area (Å²) < 4.78 is 145. The minimum absolute atomic E-state index is 0.0721. The van der Waals surface area contributed by atoms with Crippen LogP contribution in [-0.4, -0.2) is 0 Å². The van der Waals surface area contributed by atoms with Gasteiger partial charge in [-0.3, -0.25) is 0 Å². The summed E-state index contributed by atoms with van der Waals surface area (Å²) in [6, 6.07) is 4.10. The molecule has 12 heteroatoms. The molecule has 0 unspecified atom stereocenters. The third kappa shape index (κ3) is 7.17. The Labute approximate surface area is 155 Å². The lowest BCUT2D eigenvalue weighted by atomic mass is 10.1. The van der Waals surface area contributed by atoms with Gasteiger partial charge in [-0.15, -0.1) is 0 Å². The highest BCUT2D eigenvalue weighted by atomic mass is 19.4. The number of benzene rings is 2. The first-order chi connectivity index (χ1) is 12.8. The van der Waals surface area contributed by atoms with E-state index in [1.54, 1.807) is 0 Å². The van der Waals surface area contributed by atoms with Crippen molar-refractivity contribution < 1.29 is 52.7 Å². The van der Waals surface area contributed by atoms with Gasteiger partial charge in [0.25, 0.3) is 0 Å². The fraction of sp³-hybridized carbons (Fsp3) is 0.294. The predicted octanol–water partition coefficient (Wildman–Crippen LogP) is 7.76. The molecule has 0 aliphatic heterocycles. The average Bonchev–Trinajstić information content (AvgIpc) is 2.51. The van der Waals surface area contributed by atoms with Crippen LogP contribution >= 0.6 is 0 Å². The van der Waals surface area contributed by atoms with E-state index in [-0.39, 0.29) is 11.6 Å². The lowest BCUT2D eigenvalue weighted by molar-refractivity contribution is -0.162. The Bertz CT molecular complexity index is 757. The molecule has 0 aliphatic rings. The molecule has 0 N–H and O–H groups in total. The molecule has 0 spiro atoms. The maximum Gasteiger partial charge on any atom is 0.417 e. The predicted molar refractivity (Wildman–Crippen MR) is 77.6 cm³/mol. The highest BCUT2D eigenvalue weighted by Crippen LogP contribution is 2.40. The van der Waals surface area contributed by atoms with E-state index in [1.165, 1.54) is 6.92 Å². The van der Waals surface area contributed by atoms with Crippen LogP contribution in [0.3, 0.4) is 0 Å². The van der Waals surface area contributed by atoms with Gasteiger partial charge in [-0.1, -0.05) is 12.1 Å². The Balaban J connectivity index is 0.000000291. The van der Waals surface area contributed by atoms with Crippen molar-refractivity contribution >= 4 is 0 Å². The molecule has 2 aromatic carbocycles. The molecule has 162 valence electrons. The van der Waals surface area contributed by atoms with Crippen molar-refractivity contribution in [2.75, 3.05) is 0 Å². The van der Waals surface area contributed by atoms with Crippen LogP contribution in [0.5, 0.6) is 0 Å². The topological polar surface area (TPSA) is 0 Å². The van der Waals surface area contributed by atoms with E-state index in [0.717, 1.165) is 12.1 Å². The van der Waals surface area contributed by atoms with E-state index in [4.69, 9.17) is 0 Å². The number of rotatable bonds is 0. The number of alkyl halides is 12. The SMILES string of the molecule is Cc1cc(C(F)(F)F)cc(C(F)(F)F)c1.FC(F)(F)c1ccccc1C(F)(F)F. The van der Waals surface area contributed by atoms with Crippen molar-refractivity contribution in [2.45, 2.75) is 31.6 Å². The molecule has 0 fully saturated rings. The smallest absolute Gasteiger partial charge is 0.166 e. The molecule has 29 heavy (non-hydrogen) atoms. The van der Waals surface area contributed by atoms with Crippen LogP contribution < -0.4 is 0 Å². The molecule has 0 amide bonds. The van der Waals surface area contributed by atoms with Gasteiger partial charge in [-0.25, -0.2) is 0 Å². The molecule has 0 heterocycles. The van der Waals surface area contributed by atoms with E-state index >= 15 is 0 Å². The van der Waals surface area contributed by atoms with Crippen molar-refractivity contribution in [2.24, 2.45) is 0 Å². The molecule has 0 saturated carbocycles. The molecule has 0 aromatic heterocycles. The summed E-state index contributed by atoms with van der Waals surface area (Å²) in [5.41, 5.74) is -5.96. The molecule has 0 atom stereocenters. The minimum atomic E-state index is -4.98. The number of aryl methyl sites for hydroxylation is 1. The van der Waals surface area contributed by atoms with Crippen molar-refractivity contribution in [1.82, 2.24) is 0 Å². The molecule has 2 rings (SSSR count). The summed E-state index contributed by atoms with van der Waals surface area (Å²) in [7, 11) is 0. The fourth-order valence-corrected chi connectivity index (χ4v) is 2.09. The van der Waals surface area contributed by atoms with Gasteiger partial charge >= 0.3 is 24.7 Å². The van der Waals surface area contributed by atoms with Crippen LogP contribution in [0.4, 0.5) is 52.7 Å². The summed E-state index contributed by atoms with van der Waals surface area (Å²) in [6.07, 6.45) is -19.5. The first-order valence-corrected chi connectivity index (χ1v) is 7.33. The van der Waals surface area contributed by atoms with E-state index in [0.29, 0.717) is 24.3 Å². The van der Waals surface area contributed by atoms with Crippen molar-refractivity contribution in [1.29, 1.82) is 0 Å². The Morgan fingerprint density at radius 2 is 0.793 bits per heavy atom. The first kappa shape index (κ1) is 24.6. The van der Waals surface area contributed by atoms with Gasteiger partial charge in [0.05, 0.1) is 22.3 Å². The maximum atomic E-state index is 12.2. The molecule has 0 aliphatic carbocycles. The van der Waals surface area contributed by atoms with Crippen LogP contribution in [0.15, 0.2) is 42.5 Å². The molecule has 0 nitrogen and oxygen atoms in total. The number of hydrogen-bond acceptors (Lipinski definition) is 0. The zero-order valence-corrected chi connectivity index (χ0v) is 14.1. The lowest BCUT2D eigenvalue weighted by Gasteiger charge is -2.14. The summed E-state index contributed by atoms with van der Waals surface area (Å²) >= 11 is 0. The van der Waals surface area contributed by atoms with Gasteiger partial charge in [0.2, 0.25) is 0 Å². The van der Waals surface area contributed by atoms with Gasteiger partial charge in [-0.05, 0) is 42.8 Å². The van der Waals surface area contributed by atoms with Crippen LogP contribution in [-0.2, 0) is 24.7 Å². The normalized spacial score (nSPS) is 13.0. The number of halogens is 12. The molecule has 0 saturated heterocycles. The van der Waals surface area contributed by atoms with E-state index < -0.39 is 47.0 Å². The number of hydrogen-bond donors (Lipinski definition) is 0. The minimum Gasteiger partial charge on any atom is -0.166 e. The zero-order valence-electron chi connectivity index (χ0n) is 14.1. The third-order valence-electron chi connectivity index (χ3n) is 3.27. The Morgan fingerprint density at radius 3 is 1.03 bits per heavy atom. The van der Waals surface area contributed by atoms with Gasteiger partial charge in [-0.2, -0.15) is 52.7 Å². The van der Waals surface area contributed by atoms with E-state index in [9.17, 15) is 52.7 Å². The first-order valence-electron chi connectivity index (χ1n) is 7.33. The molecular weight excluding hydrogens is 432 g/mol. The highest BCUT2D eigenvalue weighted by molar-refractivity contribution is 5.33. The van der Waals surface area contributed by atoms with Crippen LogP contribution in [0.2, 0.25) is 0 Å². The average molecular weight is 442 g/mol. The monoisotopic (exact) mass is 442 g/mol.